The van der Waals surface area contributed by atoms with Gasteiger partial charge in [0.15, 0.2) is 0 Å². The lowest BCUT2D eigenvalue weighted by atomic mass is 10.1. The molecule has 1 atom stereocenters. The summed E-state index contributed by atoms with van der Waals surface area (Å²) in [4.78, 5) is 23.0. The first-order chi connectivity index (χ1) is 9.77. The number of carbonyl (C=O) groups is 2. The summed E-state index contributed by atoms with van der Waals surface area (Å²) in [6, 6.07) is 4.76. The van der Waals surface area contributed by atoms with E-state index in [0.717, 1.165) is 18.2 Å². The van der Waals surface area contributed by atoms with E-state index in [2.05, 4.69) is 5.32 Å². The SMILES string of the molecule is N#CCC[C@H](NC(=O)c1ccccc1C(F)(F)F)C(N)=O. The van der Waals surface area contributed by atoms with E-state index >= 15 is 0 Å². The Labute approximate surface area is 118 Å². The van der Waals surface area contributed by atoms with Gasteiger partial charge in [-0.1, -0.05) is 12.1 Å². The summed E-state index contributed by atoms with van der Waals surface area (Å²) in [6.45, 7) is 0. The Bertz CT molecular complexity index is 579. The number of nitrogens with one attached hydrogen (secondary N) is 1. The Hall–Kier alpha value is -2.56. The summed E-state index contributed by atoms with van der Waals surface area (Å²) in [5.74, 6) is -1.98. The molecule has 1 aromatic rings. The molecule has 0 spiro atoms. The second-order valence-corrected chi connectivity index (χ2v) is 4.17. The number of nitrogens with two attached hydrogens (primary N) is 1. The molecule has 0 saturated carbocycles. The highest BCUT2D eigenvalue weighted by Crippen LogP contribution is 2.31. The Morgan fingerprint density at radius 3 is 2.48 bits per heavy atom. The number of amides is 2. The monoisotopic (exact) mass is 299 g/mol. The zero-order valence-corrected chi connectivity index (χ0v) is 10.8. The first-order valence-electron chi connectivity index (χ1n) is 5.90. The highest BCUT2D eigenvalue weighted by molar-refractivity contribution is 5.98. The van der Waals surface area contributed by atoms with E-state index in [9.17, 15) is 22.8 Å². The second-order valence-electron chi connectivity index (χ2n) is 4.17. The molecule has 8 heteroatoms. The van der Waals surface area contributed by atoms with Crippen molar-refractivity contribution in [1.29, 1.82) is 5.26 Å². The summed E-state index contributed by atoms with van der Waals surface area (Å²) in [5.41, 5.74) is 3.33. The standard InChI is InChI=1S/C13H12F3N3O2/c14-13(15,16)9-5-2-1-4-8(9)12(21)19-10(11(18)20)6-3-7-17/h1-2,4-5,10H,3,6H2,(H2,18,20)(H,19,21)/t10-/m0/s1. The Kier molecular flexibility index (Phi) is 5.30. The van der Waals surface area contributed by atoms with Crippen LogP contribution in [0.15, 0.2) is 24.3 Å². The minimum atomic E-state index is -4.69. The van der Waals surface area contributed by atoms with Gasteiger partial charge in [0, 0.05) is 6.42 Å². The molecule has 0 unspecified atom stereocenters. The fraction of sp³-hybridized carbons (Fsp3) is 0.308. The van der Waals surface area contributed by atoms with Crippen LogP contribution in [0, 0.1) is 11.3 Å². The molecule has 0 aliphatic rings. The maximum Gasteiger partial charge on any atom is 0.417 e. The van der Waals surface area contributed by atoms with Crippen LogP contribution < -0.4 is 11.1 Å². The predicted octanol–water partition coefficient (Wildman–Crippen LogP) is 1.59. The average Bonchev–Trinajstić information content (AvgIpc) is 2.42. The molecular formula is C13H12F3N3O2. The predicted molar refractivity (Wildman–Crippen MR) is 66.7 cm³/mol. The van der Waals surface area contributed by atoms with Crippen LogP contribution in [0.3, 0.4) is 0 Å². The van der Waals surface area contributed by atoms with E-state index in [1.807, 2.05) is 0 Å². The van der Waals surface area contributed by atoms with Crippen molar-refractivity contribution < 1.29 is 22.8 Å². The lowest BCUT2D eigenvalue weighted by molar-refractivity contribution is -0.137. The summed E-state index contributed by atoms with van der Waals surface area (Å²) in [5, 5.41) is 10.6. The van der Waals surface area contributed by atoms with Gasteiger partial charge in [-0.3, -0.25) is 9.59 Å². The second kappa shape index (κ2) is 6.74. The molecule has 2 amide bonds. The van der Waals surface area contributed by atoms with Crippen molar-refractivity contribution in [2.24, 2.45) is 5.73 Å². The van der Waals surface area contributed by atoms with Gasteiger partial charge in [0.05, 0.1) is 17.2 Å². The van der Waals surface area contributed by atoms with Crippen molar-refractivity contribution in [3.8, 4) is 6.07 Å². The fourth-order valence-corrected chi connectivity index (χ4v) is 1.66. The van der Waals surface area contributed by atoms with E-state index in [0.29, 0.717) is 0 Å². The third-order valence-corrected chi connectivity index (χ3v) is 2.67. The lowest BCUT2D eigenvalue weighted by Gasteiger charge is -2.16. The number of primary amides is 1. The first-order valence-corrected chi connectivity index (χ1v) is 5.90. The minimum absolute atomic E-state index is 0.0607. The van der Waals surface area contributed by atoms with Gasteiger partial charge in [-0.2, -0.15) is 18.4 Å². The van der Waals surface area contributed by atoms with Gasteiger partial charge < -0.3 is 11.1 Å². The topological polar surface area (TPSA) is 96.0 Å². The highest BCUT2D eigenvalue weighted by atomic mass is 19.4. The van der Waals surface area contributed by atoms with Crippen molar-refractivity contribution in [3.05, 3.63) is 35.4 Å². The van der Waals surface area contributed by atoms with E-state index < -0.39 is 35.2 Å². The largest absolute Gasteiger partial charge is 0.417 e. The molecule has 0 fully saturated rings. The fourth-order valence-electron chi connectivity index (χ4n) is 1.66. The third-order valence-electron chi connectivity index (χ3n) is 2.67. The van der Waals surface area contributed by atoms with Crippen LogP contribution in [-0.2, 0) is 11.0 Å². The van der Waals surface area contributed by atoms with Gasteiger partial charge in [-0.05, 0) is 18.6 Å². The van der Waals surface area contributed by atoms with Crippen LogP contribution >= 0.6 is 0 Å². The number of nitrogens with zero attached hydrogens (tertiary/aromatic N) is 1. The molecule has 1 aromatic carbocycles. The number of hydrogen-bond acceptors (Lipinski definition) is 3. The van der Waals surface area contributed by atoms with Crippen LogP contribution in [0.4, 0.5) is 13.2 Å². The lowest BCUT2D eigenvalue weighted by Crippen LogP contribution is -2.44. The van der Waals surface area contributed by atoms with Gasteiger partial charge in [0.2, 0.25) is 5.91 Å². The van der Waals surface area contributed by atoms with Crippen LogP contribution in [-0.4, -0.2) is 17.9 Å². The molecule has 0 aliphatic heterocycles. The smallest absolute Gasteiger partial charge is 0.368 e. The van der Waals surface area contributed by atoms with Crippen LogP contribution in [0.25, 0.3) is 0 Å². The number of rotatable bonds is 5. The van der Waals surface area contributed by atoms with Crippen molar-refractivity contribution in [1.82, 2.24) is 5.32 Å². The Morgan fingerprint density at radius 2 is 1.95 bits per heavy atom. The summed E-state index contributed by atoms with van der Waals surface area (Å²) in [6.07, 6.45) is -4.82. The van der Waals surface area contributed by atoms with Crippen LogP contribution in [0.5, 0.6) is 0 Å². The molecule has 0 radical (unpaired) electrons. The number of alkyl halides is 3. The molecule has 1 rings (SSSR count). The quantitative estimate of drug-likeness (QED) is 0.864. The van der Waals surface area contributed by atoms with E-state index in [-0.39, 0.29) is 12.8 Å². The van der Waals surface area contributed by atoms with Gasteiger partial charge in [-0.15, -0.1) is 0 Å². The van der Waals surface area contributed by atoms with E-state index in [1.165, 1.54) is 6.07 Å². The van der Waals surface area contributed by atoms with E-state index in [1.54, 1.807) is 6.07 Å². The summed E-state index contributed by atoms with van der Waals surface area (Å²) < 4.78 is 38.4. The molecule has 0 saturated heterocycles. The van der Waals surface area contributed by atoms with Crippen LogP contribution in [0.2, 0.25) is 0 Å². The van der Waals surface area contributed by atoms with Crippen LogP contribution in [0.1, 0.15) is 28.8 Å². The zero-order chi connectivity index (χ0) is 16.0. The van der Waals surface area contributed by atoms with Gasteiger partial charge in [0.25, 0.3) is 5.91 Å². The van der Waals surface area contributed by atoms with E-state index in [4.69, 9.17) is 11.0 Å². The van der Waals surface area contributed by atoms with Gasteiger partial charge in [0.1, 0.15) is 6.04 Å². The molecular weight excluding hydrogens is 287 g/mol. The van der Waals surface area contributed by atoms with Crippen molar-refractivity contribution in [2.45, 2.75) is 25.1 Å². The number of benzene rings is 1. The molecule has 5 nitrogen and oxygen atoms in total. The van der Waals surface area contributed by atoms with Crippen molar-refractivity contribution in [2.75, 3.05) is 0 Å². The Morgan fingerprint density at radius 1 is 1.33 bits per heavy atom. The summed E-state index contributed by atoms with van der Waals surface area (Å²) >= 11 is 0. The maximum atomic E-state index is 12.8. The molecule has 3 N–H and O–H groups in total. The molecule has 0 bridgehead atoms. The minimum Gasteiger partial charge on any atom is -0.368 e. The third kappa shape index (κ3) is 4.49. The number of carbonyl (C=O) groups excluding carboxylic acids is 2. The molecule has 112 valence electrons. The summed E-state index contributed by atoms with van der Waals surface area (Å²) in [7, 11) is 0. The average molecular weight is 299 g/mol. The highest BCUT2D eigenvalue weighted by Gasteiger charge is 2.35. The van der Waals surface area contributed by atoms with Gasteiger partial charge in [-0.25, -0.2) is 0 Å². The number of hydrogen-bond donors (Lipinski definition) is 2. The first kappa shape index (κ1) is 16.5. The maximum absolute atomic E-state index is 12.8. The number of halogens is 3. The zero-order valence-electron chi connectivity index (χ0n) is 10.8. The molecule has 0 heterocycles. The molecule has 0 aliphatic carbocycles. The van der Waals surface area contributed by atoms with Crippen molar-refractivity contribution in [3.63, 3.8) is 0 Å². The molecule has 0 aromatic heterocycles. The molecule has 21 heavy (non-hydrogen) atoms. The normalized spacial score (nSPS) is 12.3. The van der Waals surface area contributed by atoms with Crippen molar-refractivity contribution >= 4 is 11.8 Å². The Balaban J connectivity index is 2.99. The number of nitriles is 1. The van der Waals surface area contributed by atoms with Gasteiger partial charge >= 0.3 is 6.18 Å².